The van der Waals surface area contributed by atoms with Gasteiger partial charge in [-0.15, -0.1) is 0 Å². The van der Waals surface area contributed by atoms with Crippen molar-refractivity contribution in [3.05, 3.63) is 52.1 Å². The van der Waals surface area contributed by atoms with Crippen LogP contribution >= 0.6 is 23.2 Å². The van der Waals surface area contributed by atoms with Crippen molar-refractivity contribution >= 4 is 46.6 Å². The number of pyridine rings is 1. The fraction of sp³-hybridized carbons (Fsp3) is 0.435. The van der Waals surface area contributed by atoms with Crippen molar-refractivity contribution in [1.29, 1.82) is 0 Å². The Hall–Kier alpha value is -2.51. The average molecular weight is 479 g/mol. The van der Waals surface area contributed by atoms with Gasteiger partial charge in [0.25, 0.3) is 0 Å². The predicted molar refractivity (Wildman–Crippen MR) is 127 cm³/mol. The van der Waals surface area contributed by atoms with Gasteiger partial charge in [-0.05, 0) is 35.6 Å². The zero-order chi connectivity index (χ0) is 23.6. The van der Waals surface area contributed by atoms with Crippen LogP contribution in [0.15, 0.2) is 36.5 Å². The Kier molecular flexibility index (Phi) is 7.20. The Balaban J connectivity index is 2.11. The number of carbonyl (C=O) groups excluding carboxylic acids is 1. The Labute approximate surface area is 198 Å². The van der Waals surface area contributed by atoms with Crippen molar-refractivity contribution in [2.75, 3.05) is 23.7 Å². The van der Waals surface area contributed by atoms with Crippen molar-refractivity contribution in [3.63, 3.8) is 0 Å². The molecule has 7 nitrogen and oxygen atoms in total. The van der Waals surface area contributed by atoms with Gasteiger partial charge in [0, 0.05) is 30.4 Å². The van der Waals surface area contributed by atoms with E-state index in [1.165, 1.54) is 0 Å². The summed E-state index contributed by atoms with van der Waals surface area (Å²) in [5, 5.41) is 10.2. The van der Waals surface area contributed by atoms with Crippen LogP contribution in [0.2, 0.25) is 10.0 Å². The third-order valence-electron chi connectivity index (χ3n) is 5.42. The fourth-order valence-electron chi connectivity index (χ4n) is 4.22. The monoisotopic (exact) mass is 478 g/mol. The number of benzene rings is 1. The number of rotatable bonds is 5. The molecule has 2 aromatic rings. The third kappa shape index (κ3) is 5.84. The predicted octanol–water partition coefficient (Wildman–Crippen LogP) is 4.64. The van der Waals surface area contributed by atoms with Gasteiger partial charge in [-0.25, -0.2) is 4.98 Å². The number of anilines is 2. The van der Waals surface area contributed by atoms with E-state index in [1.54, 1.807) is 29.3 Å². The van der Waals surface area contributed by atoms with Crippen LogP contribution in [0.1, 0.15) is 45.2 Å². The number of aliphatic carboxylic acids is 1. The molecule has 0 saturated carbocycles. The minimum absolute atomic E-state index is 0.0620. The van der Waals surface area contributed by atoms with E-state index in [1.807, 2.05) is 12.1 Å². The lowest BCUT2D eigenvalue weighted by Gasteiger charge is -2.49. The molecule has 1 aromatic heterocycles. The first-order valence-electron chi connectivity index (χ1n) is 10.4. The van der Waals surface area contributed by atoms with Crippen molar-refractivity contribution in [2.24, 2.45) is 5.41 Å². The number of piperazine rings is 1. The second-order valence-corrected chi connectivity index (χ2v) is 10.2. The van der Waals surface area contributed by atoms with Gasteiger partial charge >= 0.3 is 5.97 Å². The Morgan fingerprint density at radius 1 is 1.16 bits per heavy atom. The molecule has 0 spiro atoms. The van der Waals surface area contributed by atoms with Crippen molar-refractivity contribution in [3.8, 4) is 0 Å². The number of aromatic nitrogens is 1. The van der Waals surface area contributed by atoms with Crippen LogP contribution in [0.4, 0.5) is 11.5 Å². The number of nitrogens with two attached hydrogens (primary N) is 1. The number of amides is 1. The summed E-state index contributed by atoms with van der Waals surface area (Å²) in [6.45, 7) is 7.05. The van der Waals surface area contributed by atoms with Crippen LogP contribution in [-0.4, -0.2) is 46.0 Å². The molecule has 3 N–H and O–H groups in total. The van der Waals surface area contributed by atoms with Crippen LogP contribution in [0.25, 0.3) is 0 Å². The highest BCUT2D eigenvalue weighted by molar-refractivity contribution is 6.31. The van der Waals surface area contributed by atoms with Crippen molar-refractivity contribution in [2.45, 2.75) is 45.7 Å². The van der Waals surface area contributed by atoms with E-state index in [2.05, 4.69) is 30.7 Å². The van der Waals surface area contributed by atoms with Gasteiger partial charge in [0.05, 0.1) is 16.8 Å². The maximum atomic E-state index is 12.8. The van der Waals surface area contributed by atoms with Crippen LogP contribution in [-0.2, 0) is 9.59 Å². The van der Waals surface area contributed by atoms with Crippen molar-refractivity contribution in [1.82, 2.24) is 9.88 Å². The molecule has 1 aromatic carbocycles. The minimum Gasteiger partial charge on any atom is -0.481 e. The molecule has 3 rings (SSSR count). The SMILES string of the molecule is CC(C)(C)C[C@H]1CN(C(=O)CC(=O)O)C[C@@H](c2ccc(Cl)cc2)N1c1ncc(Cl)cc1N. The van der Waals surface area contributed by atoms with E-state index in [0.717, 1.165) is 12.0 Å². The first kappa shape index (κ1) is 24.1. The van der Waals surface area contributed by atoms with Gasteiger partial charge in [-0.2, -0.15) is 0 Å². The average Bonchev–Trinajstić information content (AvgIpc) is 2.67. The van der Waals surface area contributed by atoms with Crippen molar-refractivity contribution < 1.29 is 14.7 Å². The van der Waals surface area contributed by atoms with E-state index in [-0.39, 0.29) is 17.5 Å². The molecule has 0 radical (unpaired) electrons. The van der Waals surface area contributed by atoms with Gasteiger partial charge < -0.3 is 20.6 Å². The number of nitrogens with zero attached hydrogens (tertiary/aromatic N) is 3. The summed E-state index contributed by atoms with van der Waals surface area (Å²) in [6.07, 6.45) is 1.75. The highest BCUT2D eigenvalue weighted by Crippen LogP contribution is 2.40. The Morgan fingerprint density at radius 3 is 2.38 bits per heavy atom. The highest BCUT2D eigenvalue weighted by Gasteiger charge is 2.40. The summed E-state index contributed by atoms with van der Waals surface area (Å²) in [5.74, 6) is -0.961. The normalized spacial score (nSPS) is 19.2. The lowest BCUT2D eigenvalue weighted by Crippen LogP contribution is -2.57. The molecular weight excluding hydrogens is 451 g/mol. The number of hydrogen-bond acceptors (Lipinski definition) is 5. The minimum atomic E-state index is -1.14. The second kappa shape index (κ2) is 9.55. The standard InChI is InChI=1S/C23H28Cl2N4O3/c1-23(2,3)10-17-12-28(20(30)9-21(31)32)13-19(14-4-6-15(24)7-5-14)29(17)22-18(26)8-16(25)11-27-22/h4-8,11,17,19H,9-10,12-13,26H2,1-3H3,(H,31,32)/t17-,19-/m0/s1. The molecule has 172 valence electrons. The molecule has 2 heterocycles. The number of hydrogen-bond donors (Lipinski definition) is 2. The molecule has 2 atom stereocenters. The van der Waals surface area contributed by atoms with E-state index in [0.29, 0.717) is 34.6 Å². The van der Waals surface area contributed by atoms with Crippen LogP contribution in [0, 0.1) is 5.41 Å². The molecule has 1 aliphatic heterocycles. The van der Waals surface area contributed by atoms with E-state index >= 15 is 0 Å². The molecule has 0 bridgehead atoms. The molecule has 1 aliphatic rings. The maximum Gasteiger partial charge on any atom is 0.312 e. The molecule has 32 heavy (non-hydrogen) atoms. The summed E-state index contributed by atoms with van der Waals surface area (Å²) in [5.41, 5.74) is 7.65. The van der Waals surface area contributed by atoms with E-state index in [9.17, 15) is 9.59 Å². The second-order valence-electron chi connectivity index (χ2n) is 9.33. The number of carboxylic acid groups (broad SMARTS) is 1. The van der Waals surface area contributed by atoms with Gasteiger partial charge in [0.15, 0.2) is 5.82 Å². The smallest absolute Gasteiger partial charge is 0.312 e. The lowest BCUT2D eigenvalue weighted by molar-refractivity contribution is -0.145. The fourth-order valence-corrected chi connectivity index (χ4v) is 4.51. The zero-order valence-corrected chi connectivity index (χ0v) is 19.9. The number of halogens is 2. The van der Waals surface area contributed by atoms with E-state index in [4.69, 9.17) is 34.0 Å². The Morgan fingerprint density at radius 2 is 1.81 bits per heavy atom. The maximum absolute atomic E-state index is 12.8. The van der Waals surface area contributed by atoms with E-state index < -0.39 is 18.3 Å². The summed E-state index contributed by atoms with van der Waals surface area (Å²) < 4.78 is 0. The molecule has 1 fully saturated rings. The zero-order valence-electron chi connectivity index (χ0n) is 18.4. The summed E-state index contributed by atoms with van der Waals surface area (Å²) >= 11 is 12.2. The summed E-state index contributed by atoms with van der Waals surface area (Å²) in [4.78, 5) is 32.3. The first-order chi connectivity index (χ1) is 14.9. The number of carboxylic acids is 1. The molecule has 1 amide bonds. The van der Waals surface area contributed by atoms with Gasteiger partial charge in [0.1, 0.15) is 6.42 Å². The highest BCUT2D eigenvalue weighted by atomic mass is 35.5. The first-order valence-corrected chi connectivity index (χ1v) is 11.1. The van der Waals surface area contributed by atoms with Crippen LogP contribution < -0.4 is 10.6 Å². The number of nitrogen functional groups attached to an aromatic ring is 1. The van der Waals surface area contributed by atoms with Gasteiger partial charge in [-0.3, -0.25) is 9.59 Å². The lowest BCUT2D eigenvalue weighted by atomic mass is 9.85. The summed E-state index contributed by atoms with van der Waals surface area (Å²) in [6, 6.07) is 8.64. The molecule has 0 aliphatic carbocycles. The molecule has 9 heteroatoms. The van der Waals surface area contributed by atoms with Crippen LogP contribution in [0.5, 0.6) is 0 Å². The third-order valence-corrected chi connectivity index (χ3v) is 5.88. The van der Waals surface area contributed by atoms with Gasteiger partial charge in [-0.1, -0.05) is 56.1 Å². The quantitative estimate of drug-likeness (QED) is 0.607. The number of carbonyl (C=O) groups is 2. The molecule has 0 unspecified atom stereocenters. The van der Waals surface area contributed by atoms with Gasteiger partial charge in [0.2, 0.25) is 5.91 Å². The topological polar surface area (TPSA) is 99.8 Å². The Bertz CT molecular complexity index is 992. The largest absolute Gasteiger partial charge is 0.481 e. The van der Waals surface area contributed by atoms with Crippen LogP contribution in [0.3, 0.4) is 0 Å². The molecule has 1 saturated heterocycles. The molecular formula is C23H28Cl2N4O3. The summed E-state index contributed by atoms with van der Waals surface area (Å²) in [7, 11) is 0.